The molecular formula is C14H17N3O. The molecule has 0 saturated heterocycles. The molecule has 2 aromatic rings. The number of nitrogens with zero attached hydrogens (tertiary/aromatic N) is 1. The van der Waals surface area contributed by atoms with Gasteiger partial charge in [0.25, 0.3) is 0 Å². The van der Waals surface area contributed by atoms with Crippen molar-refractivity contribution in [3.8, 4) is 0 Å². The number of anilines is 2. The average Bonchev–Trinajstić information content (AvgIpc) is 2.42. The predicted octanol–water partition coefficient (Wildman–Crippen LogP) is 1.98. The summed E-state index contributed by atoms with van der Waals surface area (Å²) in [5, 5.41) is 12.9. The fourth-order valence-corrected chi connectivity index (χ4v) is 1.83. The van der Waals surface area contributed by atoms with Gasteiger partial charge in [-0.05, 0) is 18.6 Å². The number of benzene rings is 1. The van der Waals surface area contributed by atoms with E-state index in [0.717, 1.165) is 11.3 Å². The van der Waals surface area contributed by atoms with Crippen molar-refractivity contribution in [2.75, 3.05) is 17.7 Å². The standard InChI is InChI=1S/C14H17N3O/c1-14(10-18,11-5-3-2-4-6-11)17-13-7-8-16-9-12(13)15/h2-9,18H,10,15H2,1H3,(H,16,17). The van der Waals surface area contributed by atoms with E-state index in [9.17, 15) is 5.11 Å². The van der Waals surface area contributed by atoms with Crippen LogP contribution in [0, 0.1) is 0 Å². The zero-order chi connectivity index (χ0) is 13.0. The predicted molar refractivity (Wildman–Crippen MR) is 73.2 cm³/mol. The van der Waals surface area contributed by atoms with Crippen molar-refractivity contribution in [3.63, 3.8) is 0 Å². The van der Waals surface area contributed by atoms with Crippen LogP contribution in [0.25, 0.3) is 0 Å². The van der Waals surface area contributed by atoms with Gasteiger partial charge >= 0.3 is 0 Å². The van der Waals surface area contributed by atoms with E-state index >= 15 is 0 Å². The summed E-state index contributed by atoms with van der Waals surface area (Å²) in [6, 6.07) is 11.6. The van der Waals surface area contributed by atoms with Crippen LogP contribution >= 0.6 is 0 Å². The molecule has 1 unspecified atom stereocenters. The molecule has 0 aliphatic carbocycles. The fourth-order valence-electron chi connectivity index (χ4n) is 1.83. The molecule has 0 aliphatic rings. The number of rotatable bonds is 4. The van der Waals surface area contributed by atoms with Crippen molar-refractivity contribution in [2.24, 2.45) is 0 Å². The maximum Gasteiger partial charge on any atom is 0.0829 e. The molecule has 4 heteroatoms. The van der Waals surface area contributed by atoms with Crippen LogP contribution in [0.5, 0.6) is 0 Å². The van der Waals surface area contributed by atoms with E-state index in [0.29, 0.717) is 5.69 Å². The summed E-state index contributed by atoms with van der Waals surface area (Å²) in [5.74, 6) is 0. The molecule has 94 valence electrons. The Kier molecular flexibility index (Phi) is 3.48. The quantitative estimate of drug-likeness (QED) is 0.768. The fraction of sp³-hybridized carbons (Fsp3) is 0.214. The molecule has 4 nitrogen and oxygen atoms in total. The van der Waals surface area contributed by atoms with E-state index in [4.69, 9.17) is 5.73 Å². The van der Waals surface area contributed by atoms with Crippen LogP contribution in [0.4, 0.5) is 11.4 Å². The van der Waals surface area contributed by atoms with Crippen LogP contribution in [0.15, 0.2) is 48.8 Å². The maximum absolute atomic E-state index is 9.67. The van der Waals surface area contributed by atoms with Gasteiger partial charge in [0.2, 0.25) is 0 Å². The van der Waals surface area contributed by atoms with Gasteiger partial charge in [-0.2, -0.15) is 0 Å². The van der Waals surface area contributed by atoms with Gasteiger partial charge in [-0.1, -0.05) is 30.3 Å². The molecule has 1 heterocycles. The van der Waals surface area contributed by atoms with Gasteiger partial charge < -0.3 is 16.2 Å². The number of nitrogens with two attached hydrogens (primary N) is 1. The normalized spacial score (nSPS) is 13.9. The number of nitrogens with one attached hydrogen (secondary N) is 1. The van der Waals surface area contributed by atoms with Crippen molar-refractivity contribution in [1.29, 1.82) is 0 Å². The lowest BCUT2D eigenvalue weighted by molar-refractivity contribution is 0.224. The maximum atomic E-state index is 9.67. The lowest BCUT2D eigenvalue weighted by Gasteiger charge is -2.31. The highest BCUT2D eigenvalue weighted by molar-refractivity contribution is 5.65. The van der Waals surface area contributed by atoms with Crippen molar-refractivity contribution in [1.82, 2.24) is 4.98 Å². The second-order valence-corrected chi connectivity index (χ2v) is 4.44. The summed E-state index contributed by atoms with van der Waals surface area (Å²) in [5.41, 5.74) is 7.62. The van der Waals surface area contributed by atoms with Crippen LogP contribution in [-0.4, -0.2) is 16.7 Å². The third kappa shape index (κ3) is 2.43. The highest BCUT2D eigenvalue weighted by Crippen LogP contribution is 2.28. The van der Waals surface area contributed by atoms with E-state index in [1.165, 1.54) is 0 Å². The molecule has 0 bridgehead atoms. The monoisotopic (exact) mass is 243 g/mol. The molecule has 1 atom stereocenters. The zero-order valence-electron chi connectivity index (χ0n) is 10.3. The lowest BCUT2D eigenvalue weighted by Crippen LogP contribution is -2.36. The Bertz CT molecular complexity index is 515. The largest absolute Gasteiger partial charge is 0.396 e. The first-order valence-electron chi connectivity index (χ1n) is 5.80. The van der Waals surface area contributed by atoms with Gasteiger partial charge in [0.05, 0.1) is 29.7 Å². The number of nitrogen functional groups attached to an aromatic ring is 1. The number of pyridine rings is 1. The van der Waals surface area contributed by atoms with Crippen LogP contribution < -0.4 is 11.1 Å². The number of hydrogen-bond acceptors (Lipinski definition) is 4. The average molecular weight is 243 g/mol. The van der Waals surface area contributed by atoms with Crippen LogP contribution in [0.1, 0.15) is 12.5 Å². The Morgan fingerprint density at radius 2 is 2.00 bits per heavy atom. The third-order valence-electron chi connectivity index (χ3n) is 2.99. The van der Waals surface area contributed by atoms with Gasteiger partial charge in [0, 0.05) is 6.20 Å². The number of aromatic nitrogens is 1. The molecule has 0 spiro atoms. The first-order valence-corrected chi connectivity index (χ1v) is 5.80. The first kappa shape index (κ1) is 12.4. The molecule has 1 aromatic carbocycles. The minimum Gasteiger partial charge on any atom is -0.396 e. The Labute approximate surface area is 106 Å². The lowest BCUT2D eigenvalue weighted by atomic mass is 9.92. The van der Waals surface area contributed by atoms with E-state index in [1.54, 1.807) is 18.5 Å². The smallest absolute Gasteiger partial charge is 0.0829 e. The molecule has 0 aliphatic heterocycles. The molecule has 1 aromatic heterocycles. The van der Waals surface area contributed by atoms with Crippen LogP contribution in [0.3, 0.4) is 0 Å². The Morgan fingerprint density at radius 1 is 1.28 bits per heavy atom. The summed E-state index contributed by atoms with van der Waals surface area (Å²) >= 11 is 0. The van der Waals surface area contributed by atoms with Gasteiger partial charge in [0.15, 0.2) is 0 Å². The minimum absolute atomic E-state index is 0.0290. The molecule has 0 saturated carbocycles. The Balaban J connectivity index is 2.32. The molecule has 0 radical (unpaired) electrons. The second-order valence-electron chi connectivity index (χ2n) is 4.44. The Morgan fingerprint density at radius 3 is 2.61 bits per heavy atom. The van der Waals surface area contributed by atoms with Crippen molar-refractivity contribution < 1.29 is 5.11 Å². The van der Waals surface area contributed by atoms with Gasteiger partial charge in [-0.3, -0.25) is 4.98 Å². The van der Waals surface area contributed by atoms with E-state index < -0.39 is 5.54 Å². The van der Waals surface area contributed by atoms with Crippen molar-refractivity contribution in [2.45, 2.75) is 12.5 Å². The molecule has 0 amide bonds. The summed E-state index contributed by atoms with van der Waals surface area (Å²) in [6.07, 6.45) is 3.26. The second kappa shape index (κ2) is 5.06. The van der Waals surface area contributed by atoms with Gasteiger partial charge in [-0.25, -0.2) is 0 Å². The summed E-state index contributed by atoms with van der Waals surface area (Å²) < 4.78 is 0. The van der Waals surface area contributed by atoms with Crippen LogP contribution in [0.2, 0.25) is 0 Å². The molecular weight excluding hydrogens is 226 g/mol. The SMILES string of the molecule is CC(CO)(Nc1ccncc1N)c1ccccc1. The number of aliphatic hydroxyl groups is 1. The molecule has 18 heavy (non-hydrogen) atoms. The first-order chi connectivity index (χ1) is 8.65. The number of aliphatic hydroxyl groups excluding tert-OH is 1. The molecule has 4 N–H and O–H groups in total. The number of hydrogen-bond donors (Lipinski definition) is 3. The van der Waals surface area contributed by atoms with E-state index in [-0.39, 0.29) is 6.61 Å². The van der Waals surface area contributed by atoms with E-state index in [2.05, 4.69) is 10.3 Å². The topological polar surface area (TPSA) is 71.2 Å². The summed E-state index contributed by atoms with van der Waals surface area (Å²) in [7, 11) is 0. The third-order valence-corrected chi connectivity index (χ3v) is 2.99. The van der Waals surface area contributed by atoms with Gasteiger partial charge in [-0.15, -0.1) is 0 Å². The molecule has 2 rings (SSSR count). The summed E-state index contributed by atoms with van der Waals surface area (Å²) in [6.45, 7) is 1.90. The van der Waals surface area contributed by atoms with E-state index in [1.807, 2.05) is 37.3 Å². The summed E-state index contributed by atoms with van der Waals surface area (Å²) in [4.78, 5) is 3.95. The zero-order valence-corrected chi connectivity index (χ0v) is 10.3. The minimum atomic E-state index is -0.573. The highest BCUT2D eigenvalue weighted by atomic mass is 16.3. The van der Waals surface area contributed by atoms with Crippen molar-refractivity contribution in [3.05, 3.63) is 54.4 Å². The highest BCUT2D eigenvalue weighted by Gasteiger charge is 2.25. The van der Waals surface area contributed by atoms with Gasteiger partial charge in [0.1, 0.15) is 0 Å². The Hall–Kier alpha value is -2.07. The van der Waals surface area contributed by atoms with Crippen molar-refractivity contribution >= 4 is 11.4 Å². The van der Waals surface area contributed by atoms with Crippen LogP contribution in [-0.2, 0) is 5.54 Å². The molecule has 0 fully saturated rings.